The summed E-state index contributed by atoms with van der Waals surface area (Å²) in [5.41, 5.74) is 10.9. The highest BCUT2D eigenvalue weighted by molar-refractivity contribution is 7.13. The van der Waals surface area contributed by atoms with Crippen LogP contribution in [-0.4, -0.2) is 17.4 Å². The summed E-state index contributed by atoms with van der Waals surface area (Å²) in [6.07, 6.45) is 3.45. The zero-order valence-electron chi connectivity index (χ0n) is 17.1. The van der Waals surface area contributed by atoms with E-state index in [1.54, 1.807) is 50.2 Å². The van der Waals surface area contributed by atoms with Crippen LogP contribution in [0.25, 0.3) is 16.8 Å². The standard InChI is InChI=1S/C25H19BN2S4/c1-2-23-25(19-6-11-30-15-19)24-4-3-22(18-5-10-29-14-18)28(24)26(27(23)9-1,20-7-12-31-16-20)21-8-13-32-17-21/h1-8,10-17,27H,9H2. The van der Waals surface area contributed by atoms with Crippen LogP contribution in [0.3, 0.4) is 0 Å². The molecule has 156 valence electrons. The lowest BCUT2D eigenvalue weighted by Gasteiger charge is -2.51. The number of aromatic nitrogens is 1. The summed E-state index contributed by atoms with van der Waals surface area (Å²) < 4.78 is 2.70. The Morgan fingerprint density at radius 3 is 1.94 bits per heavy atom. The summed E-state index contributed by atoms with van der Waals surface area (Å²) in [7, 11) is 0. The van der Waals surface area contributed by atoms with E-state index in [1.165, 1.54) is 44.7 Å². The predicted octanol–water partition coefficient (Wildman–Crippen LogP) is 4.73. The minimum Gasteiger partial charge on any atom is -0.462 e. The quantitative estimate of drug-likeness (QED) is 0.352. The van der Waals surface area contributed by atoms with Crippen molar-refractivity contribution in [3.63, 3.8) is 0 Å². The van der Waals surface area contributed by atoms with E-state index in [4.69, 9.17) is 0 Å². The molecule has 7 heterocycles. The van der Waals surface area contributed by atoms with Crippen LogP contribution in [0.5, 0.6) is 0 Å². The molecule has 0 aliphatic carbocycles. The normalized spacial score (nSPS) is 18.8. The van der Waals surface area contributed by atoms with Crippen LogP contribution in [-0.2, 0) is 0 Å². The summed E-state index contributed by atoms with van der Waals surface area (Å²) in [5, 5.41) is 18.2. The van der Waals surface area contributed by atoms with E-state index in [9.17, 15) is 0 Å². The van der Waals surface area contributed by atoms with Crippen LogP contribution in [0, 0.1) is 0 Å². The number of hydrogen-bond donors (Lipinski definition) is 1. The van der Waals surface area contributed by atoms with Gasteiger partial charge in [-0.15, -0.1) is 10.9 Å². The van der Waals surface area contributed by atoms with Crippen molar-refractivity contribution in [2.24, 2.45) is 0 Å². The molecule has 2 aliphatic rings. The second-order valence-electron chi connectivity index (χ2n) is 8.35. The first-order chi connectivity index (χ1) is 15.9. The Morgan fingerprint density at radius 2 is 1.31 bits per heavy atom. The van der Waals surface area contributed by atoms with Crippen molar-refractivity contribution in [3.8, 4) is 11.3 Å². The number of allylic oxidation sites excluding steroid dienone is 1. The largest absolute Gasteiger partial charge is 0.462 e. The van der Waals surface area contributed by atoms with E-state index in [0.29, 0.717) is 0 Å². The lowest BCUT2D eigenvalue weighted by atomic mass is 9.35. The first-order valence-corrected chi connectivity index (χ1v) is 14.4. The summed E-state index contributed by atoms with van der Waals surface area (Å²) in [6.45, 7) is 0.995. The number of quaternary nitrogens is 1. The summed E-state index contributed by atoms with van der Waals surface area (Å²) in [4.78, 5) is 1.54. The third-order valence-corrected chi connectivity index (χ3v) is 9.75. The summed E-state index contributed by atoms with van der Waals surface area (Å²) >= 11 is 7.15. The minimum absolute atomic E-state index is 0.995. The molecule has 0 saturated heterocycles. The first kappa shape index (κ1) is 19.1. The van der Waals surface area contributed by atoms with Gasteiger partial charge >= 0.3 is 6.42 Å². The van der Waals surface area contributed by atoms with Crippen LogP contribution in [0.4, 0.5) is 0 Å². The molecule has 0 saturated carbocycles. The maximum atomic E-state index is 2.70. The lowest BCUT2D eigenvalue weighted by Crippen LogP contribution is -3.26. The minimum atomic E-state index is -1.29. The van der Waals surface area contributed by atoms with Gasteiger partial charge in [0, 0.05) is 22.5 Å². The molecular weight excluding hydrogens is 467 g/mol. The van der Waals surface area contributed by atoms with E-state index < -0.39 is 6.42 Å². The van der Waals surface area contributed by atoms with Crippen LogP contribution in [0.2, 0.25) is 0 Å². The molecule has 0 aromatic carbocycles. The fourth-order valence-electron chi connectivity index (χ4n) is 5.80. The number of thiophene rings is 4. The molecule has 2 nitrogen and oxygen atoms in total. The zero-order chi connectivity index (χ0) is 21.1. The van der Waals surface area contributed by atoms with Crippen molar-refractivity contribution in [2.45, 2.75) is 0 Å². The van der Waals surface area contributed by atoms with Crippen molar-refractivity contribution in [1.82, 2.24) is 4.48 Å². The highest BCUT2D eigenvalue weighted by Gasteiger charge is 2.51. The Balaban J connectivity index is 1.66. The van der Waals surface area contributed by atoms with E-state index in [-0.39, 0.29) is 0 Å². The van der Waals surface area contributed by atoms with Crippen LogP contribution in [0.1, 0.15) is 11.3 Å². The molecule has 2 aliphatic heterocycles. The molecule has 0 amide bonds. The fraction of sp³-hybridized carbons (Fsp3) is 0.0400. The van der Waals surface area contributed by atoms with E-state index in [0.717, 1.165) is 6.54 Å². The smallest absolute Gasteiger partial charge is 0.369 e. The van der Waals surface area contributed by atoms with Crippen molar-refractivity contribution >= 4 is 68.3 Å². The molecule has 5 aromatic heterocycles. The molecule has 7 heteroatoms. The van der Waals surface area contributed by atoms with Crippen molar-refractivity contribution in [1.29, 1.82) is 0 Å². The third kappa shape index (κ3) is 2.48. The third-order valence-electron chi connectivity index (χ3n) is 6.98. The molecule has 1 atom stereocenters. The van der Waals surface area contributed by atoms with Crippen molar-refractivity contribution in [3.05, 3.63) is 109 Å². The summed E-state index contributed by atoms with van der Waals surface area (Å²) in [5.74, 6) is 0. The van der Waals surface area contributed by atoms with Crippen LogP contribution >= 0.6 is 45.3 Å². The Morgan fingerprint density at radius 1 is 0.688 bits per heavy atom. The molecule has 0 spiro atoms. The fourth-order valence-corrected chi connectivity index (χ4v) is 8.59. The molecule has 0 fully saturated rings. The number of nitrogens with zero attached hydrogens (tertiary/aromatic N) is 1. The van der Waals surface area contributed by atoms with E-state index >= 15 is 0 Å². The van der Waals surface area contributed by atoms with Gasteiger partial charge in [0.25, 0.3) is 0 Å². The highest BCUT2D eigenvalue weighted by atomic mass is 32.1. The SMILES string of the molecule is C1=CC2=C(c3ccsc3)c3ccc(-c4ccsc4)n3[B-](c3ccsc3)(c3ccsc3)[NH+]2C1. The average molecular weight is 487 g/mol. The van der Waals surface area contributed by atoms with Crippen LogP contribution < -0.4 is 15.7 Å². The highest BCUT2D eigenvalue weighted by Crippen LogP contribution is 2.37. The number of rotatable bonds is 4. The predicted molar refractivity (Wildman–Crippen MR) is 142 cm³/mol. The molecule has 1 unspecified atom stereocenters. The van der Waals surface area contributed by atoms with Gasteiger partial charge in [0.05, 0.1) is 17.8 Å². The van der Waals surface area contributed by atoms with Crippen LogP contribution in [0.15, 0.2) is 97.3 Å². The average Bonchev–Trinajstić information content (AvgIpc) is 3.67. The second-order valence-corrected chi connectivity index (χ2v) is 11.5. The Labute approximate surface area is 203 Å². The first-order valence-electron chi connectivity index (χ1n) is 10.6. The second kappa shape index (κ2) is 7.30. The molecule has 5 aromatic rings. The molecule has 0 bridgehead atoms. The maximum absolute atomic E-state index is 2.70. The van der Waals surface area contributed by atoms with Gasteiger partial charge in [-0.25, -0.2) is 0 Å². The van der Waals surface area contributed by atoms with Gasteiger partial charge in [-0.2, -0.15) is 45.3 Å². The van der Waals surface area contributed by atoms with Crippen molar-refractivity contribution in [2.75, 3.05) is 6.54 Å². The lowest BCUT2D eigenvalue weighted by molar-refractivity contribution is -0.736. The Bertz CT molecular complexity index is 1400. The molecule has 0 radical (unpaired) electrons. The monoisotopic (exact) mass is 486 g/mol. The zero-order valence-corrected chi connectivity index (χ0v) is 20.4. The number of hydrogen-bond acceptors (Lipinski definition) is 4. The van der Waals surface area contributed by atoms with Crippen molar-refractivity contribution < 1.29 is 4.81 Å². The van der Waals surface area contributed by atoms with E-state index in [2.05, 4.69) is 96.1 Å². The van der Waals surface area contributed by atoms with Gasteiger partial charge in [0.2, 0.25) is 0 Å². The van der Waals surface area contributed by atoms with Gasteiger partial charge in [0.1, 0.15) is 0 Å². The van der Waals surface area contributed by atoms with Gasteiger partial charge in [-0.05, 0) is 79.5 Å². The van der Waals surface area contributed by atoms with Gasteiger partial charge in [-0.1, -0.05) is 12.1 Å². The molecule has 7 rings (SSSR count). The maximum Gasteiger partial charge on any atom is 0.369 e. The van der Waals surface area contributed by atoms with Gasteiger partial charge < -0.3 is 9.29 Å². The topological polar surface area (TPSA) is 9.37 Å². The number of nitrogens with one attached hydrogen (secondary N) is 1. The molecular formula is C25H19BN2S4. The Hall–Kier alpha value is -2.42. The van der Waals surface area contributed by atoms with Gasteiger partial charge in [0.15, 0.2) is 0 Å². The van der Waals surface area contributed by atoms with E-state index in [1.807, 2.05) is 0 Å². The number of fused-ring (bicyclic) bond motifs is 2. The molecule has 1 N–H and O–H groups in total. The Kier molecular flexibility index (Phi) is 4.36. The van der Waals surface area contributed by atoms with Gasteiger partial charge in [-0.3, -0.25) is 0 Å². The summed E-state index contributed by atoms with van der Waals surface area (Å²) in [6, 6.07) is 13.9. The molecule has 32 heavy (non-hydrogen) atoms.